The summed E-state index contributed by atoms with van der Waals surface area (Å²) in [6.45, 7) is 9.45. The van der Waals surface area contributed by atoms with E-state index in [1.54, 1.807) is 12.4 Å². The van der Waals surface area contributed by atoms with Crippen molar-refractivity contribution in [1.29, 1.82) is 0 Å². The zero-order valence-corrected chi connectivity index (χ0v) is 16.0. The van der Waals surface area contributed by atoms with Gasteiger partial charge in [0.15, 0.2) is 5.78 Å². The number of piperidine rings is 1. The van der Waals surface area contributed by atoms with Gasteiger partial charge in [0.1, 0.15) is 0 Å². The van der Waals surface area contributed by atoms with Gasteiger partial charge >= 0.3 is 7.12 Å². The number of carbonyl (C=O) groups excluding carboxylic acids is 1. The summed E-state index contributed by atoms with van der Waals surface area (Å²) < 4.78 is 17.8. The summed E-state index contributed by atoms with van der Waals surface area (Å²) in [4.78, 5) is 17.4. The number of rotatable bonds is 3. The van der Waals surface area contributed by atoms with E-state index in [-0.39, 0.29) is 23.8 Å². The van der Waals surface area contributed by atoms with E-state index >= 15 is 0 Å². The molecule has 3 aliphatic rings. The molecule has 0 radical (unpaired) electrons. The number of hydrogen-bond acceptors (Lipinski definition) is 6. The highest BCUT2D eigenvalue weighted by Crippen LogP contribution is 2.36. The lowest BCUT2D eigenvalue weighted by Crippen LogP contribution is -2.55. The molecule has 3 saturated heterocycles. The molecule has 6 nitrogen and oxygen atoms in total. The number of aromatic nitrogens is 1. The van der Waals surface area contributed by atoms with E-state index in [9.17, 15) is 4.79 Å². The van der Waals surface area contributed by atoms with E-state index in [1.807, 2.05) is 33.8 Å². The Bertz CT molecular complexity index is 681. The first-order chi connectivity index (χ1) is 12.2. The highest BCUT2D eigenvalue weighted by atomic mass is 16.7. The van der Waals surface area contributed by atoms with E-state index in [0.717, 1.165) is 18.3 Å². The smallest absolute Gasteiger partial charge is 0.399 e. The van der Waals surface area contributed by atoms with Gasteiger partial charge in [-0.2, -0.15) is 0 Å². The van der Waals surface area contributed by atoms with Crippen molar-refractivity contribution in [2.75, 3.05) is 13.2 Å². The Morgan fingerprint density at radius 1 is 1.12 bits per heavy atom. The van der Waals surface area contributed by atoms with Crippen LogP contribution < -0.4 is 10.8 Å². The third kappa shape index (κ3) is 3.22. The van der Waals surface area contributed by atoms with Gasteiger partial charge in [-0.15, -0.1) is 0 Å². The fourth-order valence-corrected chi connectivity index (χ4v) is 3.99. The molecular formula is C19H27BN2O4. The van der Waals surface area contributed by atoms with Crippen LogP contribution in [-0.4, -0.2) is 54.4 Å². The van der Waals surface area contributed by atoms with Gasteiger partial charge in [0, 0.05) is 41.4 Å². The minimum atomic E-state index is -0.499. The summed E-state index contributed by atoms with van der Waals surface area (Å²) in [7, 11) is -0.499. The molecule has 3 aliphatic heterocycles. The maximum absolute atomic E-state index is 13.1. The van der Waals surface area contributed by atoms with Crippen molar-refractivity contribution in [2.45, 2.75) is 63.8 Å². The number of carbonyl (C=O) groups is 1. The molecule has 2 unspecified atom stereocenters. The second kappa shape index (κ2) is 6.41. The summed E-state index contributed by atoms with van der Waals surface area (Å²) in [6, 6.07) is 2.43. The Kier molecular flexibility index (Phi) is 4.46. The van der Waals surface area contributed by atoms with Gasteiger partial charge in [0.05, 0.1) is 24.4 Å². The van der Waals surface area contributed by atoms with Gasteiger partial charge in [-0.3, -0.25) is 9.78 Å². The maximum atomic E-state index is 13.1. The van der Waals surface area contributed by atoms with Gasteiger partial charge in [-0.05, 0) is 46.6 Å². The number of ketones is 1. The molecule has 1 aromatic rings. The lowest BCUT2D eigenvalue weighted by atomic mass is 9.77. The van der Waals surface area contributed by atoms with Crippen LogP contribution in [0.3, 0.4) is 0 Å². The second-order valence-corrected chi connectivity index (χ2v) is 8.73. The van der Waals surface area contributed by atoms with Crippen molar-refractivity contribution < 1.29 is 18.8 Å². The Balaban J connectivity index is 1.52. The highest BCUT2D eigenvalue weighted by Gasteiger charge is 2.52. The van der Waals surface area contributed by atoms with E-state index < -0.39 is 18.3 Å². The normalized spacial score (nSPS) is 32.5. The largest absolute Gasteiger partial charge is 0.496 e. The molecule has 0 aliphatic carbocycles. The lowest BCUT2D eigenvalue weighted by Gasteiger charge is -2.39. The summed E-state index contributed by atoms with van der Waals surface area (Å²) in [5.74, 6) is 0.180. The Hall–Kier alpha value is -1.28. The fourth-order valence-electron chi connectivity index (χ4n) is 3.99. The number of Topliss-reactive ketones (excluding diaryl/α,β-unsaturated/α-hetero) is 1. The van der Waals surface area contributed by atoms with E-state index in [0.29, 0.717) is 18.8 Å². The number of nitrogens with one attached hydrogen (secondary N) is 1. The van der Waals surface area contributed by atoms with Crippen molar-refractivity contribution in [2.24, 2.45) is 5.92 Å². The standard InChI is InChI=1S/C19H27BN2O4/c1-18(2)19(3,4)26-20(25-18)14-5-13(8-21-9-14)17(23)12-6-15-10-24-11-16(7-12)22-15/h5,8-9,12,15-16,22H,6-7,10-11H2,1-4H3. The Labute approximate surface area is 155 Å². The third-order valence-electron chi connectivity index (χ3n) is 6.19. The number of morpholine rings is 1. The van der Waals surface area contributed by atoms with E-state index in [2.05, 4.69) is 10.3 Å². The summed E-state index contributed by atoms with van der Waals surface area (Å²) >= 11 is 0. The highest BCUT2D eigenvalue weighted by molar-refractivity contribution is 6.62. The number of fused-ring (bicyclic) bond motifs is 2. The molecule has 0 spiro atoms. The summed E-state index contributed by atoms with van der Waals surface area (Å²) in [6.07, 6.45) is 5.02. The molecular weight excluding hydrogens is 331 g/mol. The zero-order chi connectivity index (χ0) is 18.5. The molecule has 0 amide bonds. The molecule has 140 valence electrons. The quantitative estimate of drug-likeness (QED) is 0.650. The van der Waals surface area contributed by atoms with Crippen LogP contribution in [0.4, 0.5) is 0 Å². The molecule has 26 heavy (non-hydrogen) atoms. The second-order valence-electron chi connectivity index (χ2n) is 8.73. The molecule has 4 heterocycles. The first kappa shape index (κ1) is 18.1. The fraction of sp³-hybridized carbons (Fsp3) is 0.684. The SMILES string of the molecule is CC1(C)OB(c2cncc(C(=O)C3CC4COCC(C3)N4)c2)OC1(C)C. The molecule has 0 saturated carbocycles. The molecule has 7 heteroatoms. The number of hydrogen-bond donors (Lipinski definition) is 1. The third-order valence-corrected chi connectivity index (χ3v) is 6.19. The van der Waals surface area contributed by atoms with Gasteiger partial charge in [-0.25, -0.2) is 0 Å². The summed E-state index contributed by atoms with van der Waals surface area (Å²) in [5, 5.41) is 3.53. The van der Waals surface area contributed by atoms with Crippen LogP contribution in [-0.2, 0) is 14.0 Å². The first-order valence-electron chi connectivity index (χ1n) is 9.44. The van der Waals surface area contributed by atoms with Gasteiger partial charge in [0.25, 0.3) is 0 Å². The predicted molar refractivity (Wildman–Crippen MR) is 98.5 cm³/mol. The predicted octanol–water partition coefficient (Wildman–Crippen LogP) is 1.33. The van der Waals surface area contributed by atoms with Crippen LogP contribution >= 0.6 is 0 Å². The molecule has 2 atom stereocenters. The van der Waals surface area contributed by atoms with Crippen molar-refractivity contribution in [3.8, 4) is 0 Å². The number of nitrogens with zero attached hydrogens (tertiary/aromatic N) is 1. The molecule has 0 aromatic carbocycles. The van der Waals surface area contributed by atoms with E-state index in [1.165, 1.54) is 0 Å². The summed E-state index contributed by atoms with van der Waals surface area (Å²) in [5.41, 5.74) is 0.615. The molecule has 1 aromatic heterocycles. The first-order valence-corrected chi connectivity index (χ1v) is 9.44. The van der Waals surface area contributed by atoms with Gasteiger partial charge in [-0.1, -0.05) is 0 Å². The topological polar surface area (TPSA) is 69.7 Å². The van der Waals surface area contributed by atoms with Crippen LogP contribution in [0, 0.1) is 5.92 Å². The Morgan fingerprint density at radius 3 is 2.35 bits per heavy atom. The van der Waals surface area contributed by atoms with Crippen molar-refractivity contribution >= 4 is 18.4 Å². The maximum Gasteiger partial charge on any atom is 0.496 e. The van der Waals surface area contributed by atoms with Crippen LogP contribution in [0.1, 0.15) is 50.9 Å². The zero-order valence-electron chi connectivity index (χ0n) is 16.0. The minimum absolute atomic E-state index is 0.0190. The van der Waals surface area contributed by atoms with Crippen LogP contribution in [0.2, 0.25) is 0 Å². The van der Waals surface area contributed by atoms with E-state index in [4.69, 9.17) is 14.0 Å². The van der Waals surface area contributed by atoms with Crippen LogP contribution in [0.15, 0.2) is 18.5 Å². The number of pyridine rings is 1. The van der Waals surface area contributed by atoms with Gasteiger partial charge in [0.2, 0.25) is 0 Å². The molecule has 2 bridgehead atoms. The van der Waals surface area contributed by atoms with Crippen LogP contribution in [0.5, 0.6) is 0 Å². The molecule has 4 rings (SSSR count). The Morgan fingerprint density at radius 2 is 1.73 bits per heavy atom. The van der Waals surface area contributed by atoms with Crippen molar-refractivity contribution in [3.63, 3.8) is 0 Å². The van der Waals surface area contributed by atoms with Gasteiger partial charge < -0.3 is 19.4 Å². The number of ether oxygens (including phenoxy) is 1. The van der Waals surface area contributed by atoms with Crippen molar-refractivity contribution in [1.82, 2.24) is 10.3 Å². The molecule has 1 N–H and O–H groups in total. The van der Waals surface area contributed by atoms with Crippen LogP contribution in [0.25, 0.3) is 0 Å². The monoisotopic (exact) mass is 358 g/mol. The minimum Gasteiger partial charge on any atom is -0.399 e. The van der Waals surface area contributed by atoms with Crippen molar-refractivity contribution in [3.05, 3.63) is 24.0 Å². The lowest BCUT2D eigenvalue weighted by molar-refractivity contribution is 0.00578. The average molecular weight is 358 g/mol. The average Bonchev–Trinajstić information content (AvgIpc) is 2.82. The molecule has 3 fully saturated rings.